The Hall–Kier alpha value is -0.0800. The number of hydrogen-bond acceptors (Lipinski definition) is 2. The van der Waals surface area contributed by atoms with Crippen LogP contribution in [-0.2, 0) is 0 Å². The van der Waals surface area contributed by atoms with Crippen molar-refractivity contribution in [1.29, 1.82) is 0 Å². The zero-order chi connectivity index (χ0) is 16.4. The van der Waals surface area contributed by atoms with E-state index < -0.39 is 0 Å². The second-order valence-electron chi connectivity index (χ2n) is 10.1. The highest BCUT2D eigenvalue weighted by atomic mass is 16.3. The maximum atomic E-state index is 10.3. The number of fused-ring (bicyclic) bond motifs is 5. The van der Waals surface area contributed by atoms with Crippen LogP contribution in [0.15, 0.2) is 0 Å². The van der Waals surface area contributed by atoms with Crippen molar-refractivity contribution in [3.63, 3.8) is 0 Å². The highest BCUT2D eigenvalue weighted by Gasteiger charge is 2.60. The number of aliphatic hydroxyl groups excluding tert-OH is 2. The van der Waals surface area contributed by atoms with Gasteiger partial charge >= 0.3 is 0 Å². The molecule has 0 heterocycles. The van der Waals surface area contributed by atoms with Crippen LogP contribution < -0.4 is 0 Å². The third-order valence-corrected chi connectivity index (χ3v) is 9.29. The predicted molar refractivity (Wildman–Crippen MR) is 92.9 cm³/mol. The summed E-state index contributed by atoms with van der Waals surface area (Å²) in [4.78, 5) is 0. The summed E-state index contributed by atoms with van der Waals surface area (Å²) < 4.78 is 0. The van der Waals surface area contributed by atoms with Crippen molar-refractivity contribution in [2.24, 2.45) is 40.4 Å². The van der Waals surface area contributed by atoms with E-state index >= 15 is 0 Å². The van der Waals surface area contributed by atoms with E-state index in [1.54, 1.807) is 0 Å². The van der Waals surface area contributed by atoms with Gasteiger partial charge in [0, 0.05) is 0 Å². The minimum Gasteiger partial charge on any atom is -0.393 e. The Morgan fingerprint density at radius 2 is 1.57 bits per heavy atom. The lowest BCUT2D eigenvalue weighted by atomic mass is 9.44. The monoisotopic (exact) mass is 320 g/mol. The molecule has 3 unspecified atom stereocenters. The van der Waals surface area contributed by atoms with Gasteiger partial charge in [0.25, 0.3) is 0 Å². The molecule has 0 aromatic rings. The van der Waals surface area contributed by atoms with E-state index in [0.717, 1.165) is 36.5 Å². The Kier molecular flexibility index (Phi) is 3.89. The van der Waals surface area contributed by atoms with E-state index in [1.807, 2.05) is 6.92 Å². The third kappa shape index (κ3) is 2.27. The van der Waals surface area contributed by atoms with Gasteiger partial charge in [0.05, 0.1) is 12.2 Å². The quantitative estimate of drug-likeness (QED) is 0.752. The van der Waals surface area contributed by atoms with Crippen molar-refractivity contribution in [3.8, 4) is 0 Å². The van der Waals surface area contributed by atoms with Gasteiger partial charge in [-0.25, -0.2) is 0 Å². The Labute approximate surface area is 142 Å². The van der Waals surface area contributed by atoms with Gasteiger partial charge in [0.15, 0.2) is 0 Å². The lowest BCUT2D eigenvalue weighted by Gasteiger charge is -2.61. The van der Waals surface area contributed by atoms with Gasteiger partial charge in [0.2, 0.25) is 0 Å². The van der Waals surface area contributed by atoms with Crippen LogP contribution in [0.2, 0.25) is 0 Å². The van der Waals surface area contributed by atoms with Crippen LogP contribution in [-0.4, -0.2) is 22.4 Å². The first kappa shape index (κ1) is 16.4. The number of aliphatic hydroxyl groups is 2. The summed E-state index contributed by atoms with van der Waals surface area (Å²) in [6, 6.07) is 0. The van der Waals surface area contributed by atoms with E-state index in [1.165, 1.54) is 44.9 Å². The smallest absolute Gasteiger partial charge is 0.0545 e. The van der Waals surface area contributed by atoms with Crippen LogP contribution in [0.3, 0.4) is 0 Å². The number of hydrogen-bond donors (Lipinski definition) is 2. The van der Waals surface area contributed by atoms with Crippen molar-refractivity contribution in [3.05, 3.63) is 0 Å². The molecule has 4 saturated carbocycles. The fourth-order valence-electron chi connectivity index (χ4n) is 8.07. The minimum absolute atomic E-state index is 0.0374. The highest BCUT2D eigenvalue weighted by Crippen LogP contribution is 2.67. The maximum absolute atomic E-state index is 10.3. The molecule has 4 aliphatic carbocycles. The SMILES string of the molecule is C[C@H](O)[C@H]1CCC2C3CC[C@H]4C[C@@H](O)CC[C@]4(C)C3CC[C@@]21C. The molecule has 4 rings (SSSR count). The largest absolute Gasteiger partial charge is 0.393 e. The normalized spacial score (nSPS) is 57.3. The molecule has 0 radical (unpaired) electrons. The van der Waals surface area contributed by atoms with E-state index in [4.69, 9.17) is 0 Å². The summed E-state index contributed by atoms with van der Waals surface area (Å²) in [5.41, 5.74) is 0.860. The first-order valence-electron chi connectivity index (χ1n) is 10.2. The van der Waals surface area contributed by atoms with E-state index in [0.29, 0.717) is 16.7 Å². The fraction of sp³-hybridized carbons (Fsp3) is 1.00. The molecule has 132 valence electrons. The molecule has 0 saturated heterocycles. The number of rotatable bonds is 1. The molecular formula is C21H36O2. The van der Waals surface area contributed by atoms with Crippen LogP contribution >= 0.6 is 0 Å². The molecule has 0 aromatic carbocycles. The summed E-state index contributed by atoms with van der Waals surface area (Å²) in [7, 11) is 0. The van der Waals surface area contributed by atoms with Crippen molar-refractivity contribution >= 4 is 0 Å². The second-order valence-corrected chi connectivity index (χ2v) is 10.1. The third-order valence-electron chi connectivity index (χ3n) is 9.29. The molecule has 4 fully saturated rings. The molecule has 4 aliphatic rings. The molecule has 2 nitrogen and oxygen atoms in total. The summed E-state index contributed by atoms with van der Waals surface area (Å²) in [6.07, 6.45) is 11.1. The Balaban J connectivity index is 1.60. The Bertz CT molecular complexity index is 461. The summed E-state index contributed by atoms with van der Waals surface area (Å²) in [5.74, 6) is 3.87. The highest BCUT2D eigenvalue weighted by molar-refractivity contribution is 5.09. The van der Waals surface area contributed by atoms with Gasteiger partial charge in [0.1, 0.15) is 0 Å². The van der Waals surface area contributed by atoms with Crippen LogP contribution in [0, 0.1) is 40.4 Å². The summed E-state index contributed by atoms with van der Waals surface area (Å²) in [6.45, 7) is 7.08. The maximum Gasteiger partial charge on any atom is 0.0545 e. The van der Waals surface area contributed by atoms with Gasteiger partial charge in [-0.1, -0.05) is 13.8 Å². The van der Waals surface area contributed by atoms with Gasteiger partial charge in [-0.3, -0.25) is 0 Å². The zero-order valence-corrected chi connectivity index (χ0v) is 15.3. The van der Waals surface area contributed by atoms with E-state index in [-0.39, 0.29) is 12.2 Å². The second kappa shape index (κ2) is 5.46. The van der Waals surface area contributed by atoms with Gasteiger partial charge in [-0.15, -0.1) is 0 Å². The van der Waals surface area contributed by atoms with Crippen LogP contribution in [0.1, 0.15) is 78.6 Å². The Morgan fingerprint density at radius 1 is 0.870 bits per heavy atom. The molecule has 23 heavy (non-hydrogen) atoms. The summed E-state index contributed by atoms with van der Waals surface area (Å²) >= 11 is 0. The fourth-order valence-corrected chi connectivity index (χ4v) is 8.07. The van der Waals surface area contributed by atoms with Crippen molar-refractivity contribution in [2.45, 2.75) is 90.8 Å². The van der Waals surface area contributed by atoms with Gasteiger partial charge in [-0.05, 0) is 105 Å². The van der Waals surface area contributed by atoms with Crippen LogP contribution in [0.5, 0.6) is 0 Å². The zero-order valence-electron chi connectivity index (χ0n) is 15.3. The molecule has 2 N–H and O–H groups in total. The molecule has 0 aliphatic heterocycles. The molecule has 0 amide bonds. The van der Waals surface area contributed by atoms with Crippen LogP contribution in [0.4, 0.5) is 0 Å². The lowest BCUT2D eigenvalue weighted by Crippen LogP contribution is -2.54. The van der Waals surface area contributed by atoms with E-state index in [2.05, 4.69) is 13.8 Å². The Morgan fingerprint density at radius 3 is 2.30 bits per heavy atom. The standard InChI is InChI=1S/C21H36O2/c1-13(22)17-6-7-18-16-5-4-14-12-15(23)8-10-20(14,2)19(16)9-11-21(17,18)3/h13-19,22-23H,4-12H2,1-3H3/t13-,14-,15-,16?,17+,18?,19?,20-,21+/m0/s1. The molecule has 0 bridgehead atoms. The first-order valence-corrected chi connectivity index (χ1v) is 10.2. The summed E-state index contributed by atoms with van der Waals surface area (Å²) in [5, 5.41) is 20.4. The minimum atomic E-state index is -0.140. The van der Waals surface area contributed by atoms with Crippen molar-refractivity contribution in [1.82, 2.24) is 0 Å². The first-order chi connectivity index (χ1) is 10.9. The average Bonchev–Trinajstić information content (AvgIpc) is 2.85. The lowest BCUT2D eigenvalue weighted by molar-refractivity contribution is -0.132. The van der Waals surface area contributed by atoms with Gasteiger partial charge < -0.3 is 10.2 Å². The van der Waals surface area contributed by atoms with Gasteiger partial charge in [-0.2, -0.15) is 0 Å². The molecule has 9 atom stereocenters. The average molecular weight is 321 g/mol. The van der Waals surface area contributed by atoms with Crippen molar-refractivity contribution in [2.75, 3.05) is 0 Å². The topological polar surface area (TPSA) is 40.5 Å². The van der Waals surface area contributed by atoms with E-state index in [9.17, 15) is 10.2 Å². The van der Waals surface area contributed by atoms with Crippen molar-refractivity contribution < 1.29 is 10.2 Å². The molecular weight excluding hydrogens is 284 g/mol. The molecule has 0 spiro atoms. The molecule has 2 heteroatoms. The molecule has 0 aromatic heterocycles. The van der Waals surface area contributed by atoms with Crippen LogP contribution in [0.25, 0.3) is 0 Å². The predicted octanol–water partition coefficient (Wildman–Crippen LogP) is 4.39.